The minimum atomic E-state index is -0.500. The van der Waals surface area contributed by atoms with Crippen molar-refractivity contribution >= 4 is 22.9 Å². The summed E-state index contributed by atoms with van der Waals surface area (Å²) in [5, 5.41) is 14.7. The van der Waals surface area contributed by atoms with E-state index in [4.69, 9.17) is 5.73 Å². The molecule has 0 radical (unpaired) electrons. The van der Waals surface area contributed by atoms with Gasteiger partial charge in [0, 0.05) is 11.8 Å². The van der Waals surface area contributed by atoms with E-state index in [1.54, 1.807) is 12.1 Å². The number of nitrogens with two attached hydrogens (primary N) is 1. The Hall–Kier alpha value is -2.96. The van der Waals surface area contributed by atoms with Gasteiger partial charge in [-0.1, -0.05) is 12.1 Å². The third-order valence-electron chi connectivity index (χ3n) is 2.63. The second-order valence-electron chi connectivity index (χ2n) is 4.09. The lowest BCUT2D eigenvalue weighted by Gasteiger charge is -2.03. The SMILES string of the molecule is C/C(=N/Nc1ccc([N+](=O)[O-])cn1)c1ccc(N)cc1. The fourth-order valence-electron chi connectivity index (χ4n) is 1.49. The van der Waals surface area contributed by atoms with E-state index >= 15 is 0 Å². The standard InChI is InChI=1S/C13H13N5O2/c1-9(10-2-4-11(14)5-3-10)16-17-13-7-6-12(8-15-13)18(19)20/h2-8H,14H2,1H3,(H,15,17)/b16-9-. The molecule has 2 rings (SSSR count). The summed E-state index contributed by atoms with van der Waals surface area (Å²) in [5.74, 6) is 0.436. The molecule has 7 heteroatoms. The fraction of sp³-hybridized carbons (Fsp3) is 0.0769. The predicted octanol–water partition coefficient (Wildman–Crippen LogP) is 2.41. The lowest BCUT2D eigenvalue weighted by Crippen LogP contribution is -2.01. The van der Waals surface area contributed by atoms with Crippen LogP contribution in [0.3, 0.4) is 0 Å². The Kier molecular flexibility index (Phi) is 3.90. The molecule has 0 aliphatic heterocycles. The molecule has 1 aromatic heterocycles. The van der Waals surface area contributed by atoms with Crippen LogP contribution in [-0.2, 0) is 0 Å². The molecule has 2 aromatic rings. The molecule has 0 atom stereocenters. The van der Waals surface area contributed by atoms with Crippen LogP contribution in [0.2, 0.25) is 0 Å². The van der Waals surface area contributed by atoms with Gasteiger partial charge >= 0.3 is 0 Å². The maximum absolute atomic E-state index is 10.5. The molecule has 0 aliphatic rings. The number of nitrogens with one attached hydrogen (secondary N) is 1. The van der Waals surface area contributed by atoms with E-state index in [2.05, 4.69) is 15.5 Å². The number of hydrogen-bond donors (Lipinski definition) is 2. The summed E-state index contributed by atoms with van der Waals surface area (Å²) in [4.78, 5) is 13.9. The topological polar surface area (TPSA) is 106 Å². The summed E-state index contributed by atoms with van der Waals surface area (Å²) in [6.07, 6.45) is 1.18. The monoisotopic (exact) mass is 271 g/mol. The molecule has 0 aliphatic carbocycles. The lowest BCUT2D eigenvalue weighted by atomic mass is 10.1. The summed E-state index contributed by atoms with van der Waals surface area (Å²) in [6, 6.07) is 10.2. The van der Waals surface area contributed by atoms with Crippen LogP contribution in [0.5, 0.6) is 0 Å². The van der Waals surface area contributed by atoms with Gasteiger partial charge in [-0.05, 0) is 30.7 Å². The smallest absolute Gasteiger partial charge is 0.287 e. The molecular weight excluding hydrogens is 258 g/mol. The van der Waals surface area contributed by atoms with Crippen LogP contribution in [0, 0.1) is 10.1 Å². The van der Waals surface area contributed by atoms with Gasteiger partial charge in [-0.15, -0.1) is 0 Å². The Balaban J connectivity index is 2.08. The van der Waals surface area contributed by atoms with Gasteiger partial charge in [-0.3, -0.25) is 15.5 Å². The first-order valence-electron chi connectivity index (χ1n) is 5.83. The Morgan fingerprint density at radius 1 is 1.30 bits per heavy atom. The Labute approximate surface area is 115 Å². The number of pyridine rings is 1. The van der Waals surface area contributed by atoms with Crippen molar-refractivity contribution < 1.29 is 4.92 Å². The second-order valence-corrected chi connectivity index (χ2v) is 4.09. The summed E-state index contributed by atoms with van der Waals surface area (Å²) in [7, 11) is 0. The molecule has 1 aromatic carbocycles. The van der Waals surface area contributed by atoms with Crippen LogP contribution < -0.4 is 11.2 Å². The third kappa shape index (κ3) is 3.29. The van der Waals surface area contributed by atoms with Crippen molar-refractivity contribution in [3.63, 3.8) is 0 Å². The zero-order valence-electron chi connectivity index (χ0n) is 10.8. The summed E-state index contributed by atoms with van der Waals surface area (Å²) in [5.41, 5.74) is 10.7. The van der Waals surface area contributed by atoms with E-state index in [-0.39, 0.29) is 5.69 Å². The van der Waals surface area contributed by atoms with Gasteiger partial charge in [0.25, 0.3) is 5.69 Å². The quantitative estimate of drug-likeness (QED) is 0.384. The van der Waals surface area contributed by atoms with E-state index in [0.29, 0.717) is 11.5 Å². The summed E-state index contributed by atoms with van der Waals surface area (Å²) in [6.45, 7) is 1.84. The second kappa shape index (κ2) is 5.79. The zero-order chi connectivity index (χ0) is 14.5. The number of nitrogen functional groups attached to an aromatic ring is 1. The molecule has 0 fully saturated rings. The Morgan fingerprint density at radius 3 is 2.55 bits per heavy atom. The molecule has 102 valence electrons. The molecule has 0 bridgehead atoms. The lowest BCUT2D eigenvalue weighted by molar-refractivity contribution is -0.385. The summed E-state index contributed by atoms with van der Waals surface area (Å²) >= 11 is 0. The van der Waals surface area contributed by atoms with Crippen LogP contribution in [0.4, 0.5) is 17.2 Å². The average molecular weight is 271 g/mol. The van der Waals surface area contributed by atoms with Gasteiger partial charge in [-0.2, -0.15) is 5.10 Å². The number of nitro groups is 1. The number of rotatable bonds is 4. The van der Waals surface area contributed by atoms with Gasteiger partial charge in [0.15, 0.2) is 0 Å². The highest BCUT2D eigenvalue weighted by Crippen LogP contribution is 2.12. The van der Waals surface area contributed by atoms with E-state index in [0.717, 1.165) is 11.3 Å². The molecule has 3 N–H and O–H groups in total. The largest absolute Gasteiger partial charge is 0.399 e. The van der Waals surface area contributed by atoms with Crippen LogP contribution in [0.15, 0.2) is 47.7 Å². The zero-order valence-corrected chi connectivity index (χ0v) is 10.8. The number of anilines is 2. The first-order valence-corrected chi connectivity index (χ1v) is 5.83. The van der Waals surface area contributed by atoms with Gasteiger partial charge in [0.1, 0.15) is 12.0 Å². The van der Waals surface area contributed by atoms with Gasteiger partial charge < -0.3 is 5.73 Å². The minimum Gasteiger partial charge on any atom is -0.399 e. The summed E-state index contributed by atoms with van der Waals surface area (Å²) < 4.78 is 0. The van der Waals surface area contributed by atoms with Crippen molar-refractivity contribution in [2.24, 2.45) is 5.10 Å². The number of aromatic nitrogens is 1. The molecule has 0 saturated heterocycles. The molecule has 0 saturated carbocycles. The van der Waals surface area contributed by atoms with Crippen molar-refractivity contribution in [2.75, 3.05) is 11.2 Å². The molecule has 0 unspecified atom stereocenters. The highest BCUT2D eigenvalue weighted by molar-refractivity contribution is 5.99. The molecular formula is C13H13N5O2. The van der Waals surface area contributed by atoms with Crippen molar-refractivity contribution in [1.29, 1.82) is 0 Å². The maximum atomic E-state index is 10.5. The molecule has 0 spiro atoms. The first kappa shape index (κ1) is 13.5. The first-order chi connectivity index (χ1) is 9.56. The van der Waals surface area contributed by atoms with Crippen molar-refractivity contribution in [1.82, 2.24) is 4.98 Å². The fourth-order valence-corrected chi connectivity index (χ4v) is 1.49. The van der Waals surface area contributed by atoms with E-state index in [1.807, 2.05) is 19.1 Å². The number of nitrogens with zero attached hydrogens (tertiary/aromatic N) is 3. The van der Waals surface area contributed by atoms with Crippen LogP contribution >= 0.6 is 0 Å². The molecule has 20 heavy (non-hydrogen) atoms. The van der Waals surface area contributed by atoms with Crippen molar-refractivity contribution in [2.45, 2.75) is 6.92 Å². The normalized spacial score (nSPS) is 11.2. The maximum Gasteiger partial charge on any atom is 0.287 e. The highest BCUT2D eigenvalue weighted by atomic mass is 16.6. The molecule has 7 nitrogen and oxygen atoms in total. The van der Waals surface area contributed by atoms with Crippen LogP contribution in [-0.4, -0.2) is 15.6 Å². The van der Waals surface area contributed by atoms with E-state index < -0.39 is 4.92 Å². The minimum absolute atomic E-state index is 0.0604. The highest BCUT2D eigenvalue weighted by Gasteiger charge is 2.04. The third-order valence-corrected chi connectivity index (χ3v) is 2.63. The number of hydrazone groups is 1. The molecule has 1 heterocycles. The predicted molar refractivity (Wildman–Crippen MR) is 77.6 cm³/mol. The number of hydrogen-bond acceptors (Lipinski definition) is 6. The van der Waals surface area contributed by atoms with E-state index in [9.17, 15) is 10.1 Å². The van der Waals surface area contributed by atoms with Crippen LogP contribution in [0.1, 0.15) is 12.5 Å². The van der Waals surface area contributed by atoms with Crippen molar-refractivity contribution in [3.05, 3.63) is 58.3 Å². The Bertz CT molecular complexity index is 635. The average Bonchev–Trinajstić information content (AvgIpc) is 2.46. The van der Waals surface area contributed by atoms with Gasteiger partial charge in [-0.25, -0.2) is 4.98 Å². The van der Waals surface area contributed by atoms with Crippen LogP contribution in [0.25, 0.3) is 0 Å². The number of benzene rings is 1. The van der Waals surface area contributed by atoms with E-state index in [1.165, 1.54) is 18.3 Å². The van der Waals surface area contributed by atoms with Gasteiger partial charge in [0.05, 0.1) is 10.6 Å². The van der Waals surface area contributed by atoms with Crippen molar-refractivity contribution in [3.8, 4) is 0 Å². The Morgan fingerprint density at radius 2 is 2.00 bits per heavy atom. The van der Waals surface area contributed by atoms with Gasteiger partial charge in [0.2, 0.25) is 0 Å². The molecule has 0 amide bonds.